The normalized spacial score (nSPS) is 18.8. The molecule has 0 saturated heterocycles. The molecular formula is C3H5Cl4P. The summed E-state index contributed by atoms with van der Waals surface area (Å²) in [5.41, 5.74) is 0. The SMILES string of the molecule is CC(Cl)(CCl)P(Cl)Cl. The molecule has 8 heavy (non-hydrogen) atoms. The van der Waals surface area contributed by atoms with Crippen LogP contribution in [-0.4, -0.2) is 10.5 Å². The highest BCUT2D eigenvalue weighted by Crippen LogP contribution is 2.61. The largest absolute Gasteiger partial charge is 0.124 e. The van der Waals surface area contributed by atoms with Crippen LogP contribution in [0.25, 0.3) is 0 Å². The van der Waals surface area contributed by atoms with Crippen molar-refractivity contribution in [2.45, 2.75) is 11.5 Å². The van der Waals surface area contributed by atoms with E-state index in [-0.39, 0.29) is 5.88 Å². The summed E-state index contributed by atoms with van der Waals surface area (Å²) in [7, 11) is 0. The molecule has 0 bridgehead atoms. The second kappa shape index (κ2) is 3.68. The van der Waals surface area contributed by atoms with Crippen LogP contribution in [-0.2, 0) is 0 Å². The van der Waals surface area contributed by atoms with Gasteiger partial charge in [0.1, 0.15) is 11.2 Å². The van der Waals surface area contributed by atoms with E-state index < -0.39 is 11.2 Å². The van der Waals surface area contributed by atoms with Gasteiger partial charge in [-0.05, 0) is 6.92 Å². The van der Waals surface area contributed by atoms with Gasteiger partial charge in [0, 0.05) is 5.88 Å². The molecule has 50 valence electrons. The number of hydrogen-bond acceptors (Lipinski definition) is 0. The third-order valence-electron chi connectivity index (χ3n) is 0.596. The third kappa shape index (κ3) is 2.94. The van der Waals surface area contributed by atoms with Crippen molar-refractivity contribution in [3.63, 3.8) is 0 Å². The molecule has 0 rings (SSSR count). The fourth-order valence-electron chi connectivity index (χ4n) is 0.0452. The van der Waals surface area contributed by atoms with Gasteiger partial charge in [0.05, 0.1) is 0 Å². The van der Waals surface area contributed by atoms with Crippen LogP contribution in [0.1, 0.15) is 6.92 Å². The first-order chi connectivity index (χ1) is 3.50. The van der Waals surface area contributed by atoms with E-state index in [0.29, 0.717) is 0 Å². The molecule has 0 saturated carbocycles. The fourth-order valence-corrected chi connectivity index (χ4v) is 1.22. The second-order valence-electron chi connectivity index (χ2n) is 1.51. The van der Waals surface area contributed by atoms with Gasteiger partial charge in [-0.3, -0.25) is 0 Å². The molecule has 0 aromatic rings. The molecule has 0 radical (unpaired) electrons. The Bertz CT molecular complexity index is 71.7. The maximum absolute atomic E-state index is 5.69. The lowest BCUT2D eigenvalue weighted by Gasteiger charge is -2.17. The second-order valence-corrected chi connectivity index (χ2v) is 6.87. The predicted octanol–water partition coefficient (Wildman–Crippen LogP) is 3.97. The van der Waals surface area contributed by atoms with E-state index in [4.69, 9.17) is 45.7 Å². The molecule has 0 aliphatic rings. The lowest BCUT2D eigenvalue weighted by molar-refractivity contribution is 1.02. The van der Waals surface area contributed by atoms with Crippen LogP contribution < -0.4 is 0 Å². The van der Waals surface area contributed by atoms with Crippen LogP contribution in [0.5, 0.6) is 0 Å². The van der Waals surface area contributed by atoms with E-state index in [9.17, 15) is 0 Å². The minimum atomic E-state index is -1.17. The van der Waals surface area contributed by atoms with Gasteiger partial charge < -0.3 is 0 Å². The van der Waals surface area contributed by atoms with Crippen LogP contribution in [0.15, 0.2) is 0 Å². The minimum Gasteiger partial charge on any atom is -0.124 e. The van der Waals surface area contributed by atoms with Crippen molar-refractivity contribution in [1.82, 2.24) is 0 Å². The summed E-state index contributed by atoms with van der Waals surface area (Å²) in [5, 5.41) is 0. The van der Waals surface area contributed by atoms with Crippen LogP contribution in [0.3, 0.4) is 0 Å². The molecule has 0 fully saturated rings. The summed E-state index contributed by atoms with van der Waals surface area (Å²) in [4.78, 5) is 0. The Balaban J connectivity index is 3.71. The summed E-state index contributed by atoms with van der Waals surface area (Å²) >= 11 is 22.1. The van der Waals surface area contributed by atoms with Crippen LogP contribution in [0.2, 0.25) is 0 Å². The molecule has 0 spiro atoms. The number of rotatable bonds is 2. The van der Waals surface area contributed by atoms with Gasteiger partial charge in [-0.2, -0.15) is 0 Å². The Morgan fingerprint density at radius 3 is 1.88 bits per heavy atom. The van der Waals surface area contributed by atoms with E-state index in [0.717, 1.165) is 0 Å². The first kappa shape index (κ1) is 9.59. The molecule has 5 heteroatoms. The average Bonchev–Trinajstić information content (AvgIpc) is 1.67. The van der Waals surface area contributed by atoms with Crippen molar-refractivity contribution in [3.8, 4) is 0 Å². The average molecular weight is 214 g/mol. The van der Waals surface area contributed by atoms with Crippen molar-refractivity contribution in [2.24, 2.45) is 0 Å². The van der Waals surface area contributed by atoms with Gasteiger partial charge in [-0.25, -0.2) is 0 Å². The Morgan fingerprint density at radius 2 is 1.88 bits per heavy atom. The molecule has 1 atom stereocenters. The maximum atomic E-state index is 5.69. The molecule has 0 aromatic carbocycles. The summed E-state index contributed by atoms with van der Waals surface area (Å²) in [6, 6.07) is 0. The van der Waals surface area contributed by atoms with Gasteiger partial charge in [0.2, 0.25) is 0 Å². The highest BCUT2D eigenvalue weighted by Gasteiger charge is 2.27. The van der Waals surface area contributed by atoms with E-state index in [1.807, 2.05) is 0 Å². The monoisotopic (exact) mass is 212 g/mol. The van der Waals surface area contributed by atoms with Crippen molar-refractivity contribution in [2.75, 3.05) is 5.88 Å². The number of alkyl halides is 2. The lowest BCUT2D eigenvalue weighted by Crippen LogP contribution is -2.10. The van der Waals surface area contributed by atoms with Gasteiger partial charge in [-0.15, -0.1) is 23.2 Å². The zero-order valence-corrected chi connectivity index (χ0v) is 8.08. The Labute approximate surface area is 69.8 Å². The van der Waals surface area contributed by atoms with Crippen molar-refractivity contribution < 1.29 is 0 Å². The van der Waals surface area contributed by atoms with E-state index in [1.165, 1.54) is 0 Å². The quantitative estimate of drug-likeness (QED) is 0.481. The zero-order chi connectivity index (χ0) is 6.78. The zero-order valence-electron chi connectivity index (χ0n) is 4.17. The van der Waals surface area contributed by atoms with E-state index >= 15 is 0 Å². The molecule has 0 amide bonds. The van der Waals surface area contributed by atoms with Gasteiger partial charge >= 0.3 is 0 Å². The van der Waals surface area contributed by atoms with Crippen molar-refractivity contribution in [1.29, 1.82) is 0 Å². The summed E-state index contributed by atoms with van der Waals surface area (Å²) < 4.78 is -0.625. The van der Waals surface area contributed by atoms with Crippen LogP contribution in [0.4, 0.5) is 0 Å². The number of halogens is 4. The number of hydrogen-bond donors (Lipinski definition) is 0. The molecule has 1 unspecified atom stereocenters. The predicted molar refractivity (Wildman–Crippen MR) is 43.6 cm³/mol. The summed E-state index contributed by atoms with van der Waals surface area (Å²) in [6.45, 7) is 0.550. The van der Waals surface area contributed by atoms with Crippen molar-refractivity contribution in [3.05, 3.63) is 0 Å². The third-order valence-corrected chi connectivity index (χ3v) is 5.72. The highest BCUT2D eigenvalue weighted by molar-refractivity contribution is 8.05. The topological polar surface area (TPSA) is 0 Å². The first-order valence-corrected chi connectivity index (χ1v) is 5.94. The molecule has 0 aromatic heterocycles. The molecule has 0 nitrogen and oxygen atoms in total. The van der Waals surface area contributed by atoms with Crippen molar-refractivity contribution >= 4 is 52.3 Å². The standard InChI is InChI=1S/C3H5Cl4P/c1-3(5,2-4)8(6)7/h2H2,1H3. The minimum absolute atomic E-state index is 0.285. The van der Waals surface area contributed by atoms with Crippen LogP contribution in [0, 0.1) is 0 Å². The molecule has 0 heterocycles. The Morgan fingerprint density at radius 1 is 1.50 bits per heavy atom. The van der Waals surface area contributed by atoms with Gasteiger partial charge in [0.15, 0.2) is 0 Å². The summed E-state index contributed by atoms with van der Waals surface area (Å²) in [5.74, 6) is 0.285. The lowest BCUT2D eigenvalue weighted by atomic mass is 10.5. The molecular weight excluding hydrogens is 209 g/mol. The molecule has 0 N–H and O–H groups in total. The summed E-state index contributed by atoms with van der Waals surface area (Å²) in [6.07, 6.45) is 0. The van der Waals surface area contributed by atoms with E-state index in [1.54, 1.807) is 6.92 Å². The highest BCUT2D eigenvalue weighted by atomic mass is 35.9. The molecule has 0 aliphatic carbocycles. The smallest absolute Gasteiger partial charge is 0.108 e. The van der Waals surface area contributed by atoms with Gasteiger partial charge in [-0.1, -0.05) is 22.5 Å². The van der Waals surface area contributed by atoms with Gasteiger partial charge in [0.25, 0.3) is 0 Å². The Kier molecular flexibility index (Phi) is 4.42. The fraction of sp³-hybridized carbons (Fsp3) is 1.00. The maximum Gasteiger partial charge on any atom is 0.108 e. The first-order valence-electron chi connectivity index (χ1n) is 1.87. The van der Waals surface area contributed by atoms with E-state index in [2.05, 4.69) is 0 Å². The van der Waals surface area contributed by atoms with Crippen LogP contribution >= 0.6 is 52.3 Å². The molecule has 0 aliphatic heterocycles. The Hall–Kier alpha value is 1.59.